The minimum Gasteiger partial charge on any atom is -0.383 e. The minimum absolute atomic E-state index is 0.206. The standard InChI is InChI=1S/C21H20F3N3/c1-14(2)25-18-12-19(15-7-4-3-5-8-15)27-20(13-18)26-17-10-6-9-16(11-17)21(22,23)24/h3-14H,1-2H3,(H2,25,26,27). The van der Waals surface area contributed by atoms with E-state index in [-0.39, 0.29) is 6.04 Å². The molecule has 3 nitrogen and oxygen atoms in total. The van der Waals surface area contributed by atoms with Gasteiger partial charge in [0.2, 0.25) is 0 Å². The topological polar surface area (TPSA) is 37.0 Å². The number of halogens is 3. The molecule has 0 amide bonds. The first-order valence-corrected chi connectivity index (χ1v) is 8.59. The molecule has 140 valence electrons. The Labute approximate surface area is 156 Å². The van der Waals surface area contributed by atoms with Gasteiger partial charge in [0.15, 0.2) is 0 Å². The summed E-state index contributed by atoms with van der Waals surface area (Å²) in [5.74, 6) is 0.471. The van der Waals surface area contributed by atoms with Gasteiger partial charge in [-0.05, 0) is 38.1 Å². The summed E-state index contributed by atoms with van der Waals surface area (Å²) in [6.45, 7) is 4.03. The van der Waals surface area contributed by atoms with Crippen LogP contribution in [0.4, 0.5) is 30.4 Å². The molecule has 0 saturated heterocycles. The van der Waals surface area contributed by atoms with Crippen molar-refractivity contribution >= 4 is 17.2 Å². The fraction of sp³-hybridized carbons (Fsp3) is 0.190. The average Bonchev–Trinajstić information content (AvgIpc) is 2.61. The Morgan fingerprint density at radius 2 is 1.59 bits per heavy atom. The number of alkyl halides is 3. The van der Waals surface area contributed by atoms with Crippen molar-refractivity contribution in [1.29, 1.82) is 0 Å². The Morgan fingerprint density at radius 1 is 0.852 bits per heavy atom. The van der Waals surface area contributed by atoms with E-state index in [9.17, 15) is 13.2 Å². The summed E-state index contributed by atoms with van der Waals surface area (Å²) >= 11 is 0. The fourth-order valence-electron chi connectivity index (χ4n) is 2.69. The third-order valence-corrected chi connectivity index (χ3v) is 3.81. The zero-order valence-electron chi connectivity index (χ0n) is 15.0. The van der Waals surface area contributed by atoms with Gasteiger partial charge in [-0.25, -0.2) is 4.98 Å². The maximum Gasteiger partial charge on any atom is 0.416 e. The molecule has 0 unspecified atom stereocenters. The lowest BCUT2D eigenvalue weighted by atomic mass is 10.1. The highest BCUT2D eigenvalue weighted by molar-refractivity contribution is 5.70. The van der Waals surface area contributed by atoms with Crippen LogP contribution in [0.15, 0.2) is 66.7 Å². The van der Waals surface area contributed by atoms with Gasteiger partial charge < -0.3 is 10.6 Å². The number of anilines is 3. The molecular weight excluding hydrogens is 351 g/mol. The van der Waals surface area contributed by atoms with Gasteiger partial charge >= 0.3 is 6.18 Å². The van der Waals surface area contributed by atoms with Gasteiger partial charge in [-0.15, -0.1) is 0 Å². The molecule has 1 heterocycles. The van der Waals surface area contributed by atoms with E-state index in [0.29, 0.717) is 11.5 Å². The summed E-state index contributed by atoms with van der Waals surface area (Å²) in [5.41, 5.74) is 2.13. The average molecular weight is 371 g/mol. The van der Waals surface area contributed by atoms with E-state index in [1.165, 1.54) is 6.07 Å². The lowest BCUT2D eigenvalue weighted by molar-refractivity contribution is -0.137. The number of aromatic nitrogens is 1. The molecule has 6 heteroatoms. The number of pyridine rings is 1. The third-order valence-electron chi connectivity index (χ3n) is 3.81. The molecule has 0 radical (unpaired) electrons. The van der Waals surface area contributed by atoms with Crippen LogP contribution < -0.4 is 10.6 Å². The van der Waals surface area contributed by atoms with Gasteiger partial charge in [-0.2, -0.15) is 13.2 Å². The molecule has 27 heavy (non-hydrogen) atoms. The van der Waals surface area contributed by atoms with E-state index in [2.05, 4.69) is 15.6 Å². The molecule has 0 spiro atoms. The van der Waals surface area contributed by atoms with Gasteiger partial charge in [0.05, 0.1) is 11.3 Å². The minimum atomic E-state index is -4.39. The summed E-state index contributed by atoms with van der Waals surface area (Å²) in [7, 11) is 0. The molecule has 0 bridgehead atoms. The van der Waals surface area contributed by atoms with Crippen LogP contribution in [-0.2, 0) is 6.18 Å². The number of nitrogens with one attached hydrogen (secondary N) is 2. The highest BCUT2D eigenvalue weighted by Gasteiger charge is 2.30. The number of rotatable bonds is 5. The summed E-state index contributed by atoms with van der Waals surface area (Å²) in [4.78, 5) is 4.57. The van der Waals surface area contributed by atoms with Crippen LogP contribution in [0, 0.1) is 0 Å². The van der Waals surface area contributed by atoms with Crippen molar-refractivity contribution in [1.82, 2.24) is 4.98 Å². The molecule has 0 aliphatic carbocycles. The van der Waals surface area contributed by atoms with Crippen LogP contribution in [0.5, 0.6) is 0 Å². The van der Waals surface area contributed by atoms with Crippen molar-refractivity contribution in [2.45, 2.75) is 26.1 Å². The Hall–Kier alpha value is -3.02. The predicted molar refractivity (Wildman–Crippen MR) is 103 cm³/mol. The molecule has 2 aromatic carbocycles. The van der Waals surface area contributed by atoms with Crippen molar-refractivity contribution < 1.29 is 13.2 Å². The van der Waals surface area contributed by atoms with Gasteiger partial charge in [0.25, 0.3) is 0 Å². The molecule has 0 aliphatic heterocycles. The maximum atomic E-state index is 12.9. The van der Waals surface area contributed by atoms with Crippen LogP contribution in [0.3, 0.4) is 0 Å². The van der Waals surface area contributed by atoms with Gasteiger partial charge in [0.1, 0.15) is 5.82 Å². The second kappa shape index (κ2) is 7.70. The Balaban J connectivity index is 1.97. The summed E-state index contributed by atoms with van der Waals surface area (Å²) in [6, 6.07) is 18.6. The molecule has 1 aromatic heterocycles. The smallest absolute Gasteiger partial charge is 0.383 e. The normalized spacial score (nSPS) is 11.5. The maximum absolute atomic E-state index is 12.9. The first kappa shape index (κ1) is 18.8. The van der Waals surface area contributed by atoms with Crippen molar-refractivity contribution in [3.05, 3.63) is 72.3 Å². The quantitative estimate of drug-likeness (QED) is 0.550. The van der Waals surface area contributed by atoms with Crippen LogP contribution in [0.1, 0.15) is 19.4 Å². The highest BCUT2D eigenvalue weighted by Crippen LogP contribution is 2.32. The first-order valence-electron chi connectivity index (χ1n) is 8.59. The number of nitrogens with zero attached hydrogens (tertiary/aromatic N) is 1. The van der Waals surface area contributed by atoms with E-state index in [4.69, 9.17) is 0 Å². The monoisotopic (exact) mass is 371 g/mol. The Kier molecular flexibility index (Phi) is 5.35. The zero-order chi connectivity index (χ0) is 19.4. The van der Waals surface area contributed by atoms with E-state index < -0.39 is 11.7 Å². The largest absolute Gasteiger partial charge is 0.416 e. The van der Waals surface area contributed by atoms with Gasteiger partial charge in [-0.1, -0.05) is 36.4 Å². The Morgan fingerprint density at radius 3 is 2.26 bits per heavy atom. The van der Waals surface area contributed by atoms with Crippen molar-refractivity contribution in [3.8, 4) is 11.3 Å². The van der Waals surface area contributed by atoms with Crippen LogP contribution >= 0.6 is 0 Å². The fourth-order valence-corrected chi connectivity index (χ4v) is 2.69. The van der Waals surface area contributed by atoms with E-state index in [1.54, 1.807) is 12.1 Å². The number of hydrogen-bond donors (Lipinski definition) is 2. The summed E-state index contributed by atoms with van der Waals surface area (Å²) in [6.07, 6.45) is -4.39. The number of benzene rings is 2. The molecule has 2 N–H and O–H groups in total. The summed E-state index contributed by atoms with van der Waals surface area (Å²) in [5, 5.41) is 6.31. The summed E-state index contributed by atoms with van der Waals surface area (Å²) < 4.78 is 38.8. The highest BCUT2D eigenvalue weighted by atomic mass is 19.4. The van der Waals surface area contributed by atoms with Crippen LogP contribution in [-0.4, -0.2) is 11.0 Å². The van der Waals surface area contributed by atoms with E-state index >= 15 is 0 Å². The lowest BCUT2D eigenvalue weighted by Crippen LogP contribution is -2.10. The number of hydrogen-bond acceptors (Lipinski definition) is 3. The van der Waals surface area contributed by atoms with Crippen molar-refractivity contribution in [2.75, 3.05) is 10.6 Å². The third kappa shape index (κ3) is 5.00. The van der Waals surface area contributed by atoms with E-state index in [0.717, 1.165) is 29.1 Å². The second-order valence-corrected chi connectivity index (χ2v) is 6.49. The SMILES string of the molecule is CC(C)Nc1cc(Nc2cccc(C(F)(F)F)c2)nc(-c2ccccc2)c1. The molecular formula is C21H20F3N3. The molecule has 0 fully saturated rings. The second-order valence-electron chi connectivity index (χ2n) is 6.49. The molecule has 3 aromatic rings. The zero-order valence-corrected chi connectivity index (χ0v) is 15.0. The van der Waals surface area contributed by atoms with Crippen molar-refractivity contribution in [2.24, 2.45) is 0 Å². The van der Waals surface area contributed by atoms with Crippen LogP contribution in [0.2, 0.25) is 0 Å². The lowest BCUT2D eigenvalue weighted by Gasteiger charge is -2.15. The van der Waals surface area contributed by atoms with Crippen LogP contribution in [0.25, 0.3) is 11.3 Å². The predicted octanol–water partition coefficient (Wildman–Crippen LogP) is 6.33. The first-order chi connectivity index (χ1) is 12.8. The Bertz CT molecular complexity index is 906. The molecule has 0 aliphatic rings. The molecule has 0 atom stereocenters. The van der Waals surface area contributed by atoms with E-state index in [1.807, 2.05) is 50.2 Å². The van der Waals surface area contributed by atoms with Crippen molar-refractivity contribution in [3.63, 3.8) is 0 Å². The molecule has 0 saturated carbocycles. The van der Waals surface area contributed by atoms with Gasteiger partial charge in [0, 0.05) is 29.0 Å². The van der Waals surface area contributed by atoms with Gasteiger partial charge in [-0.3, -0.25) is 0 Å². The molecule has 3 rings (SSSR count).